The molecule has 2 saturated carbocycles. The lowest BCUT2D eigenvalue weighted by atomic mass is 9.95. The van der Waals surface area contributed by atoms with Crippen LogP contribution in [0.1, 0.15) is 44.1 Å². The van der Waals surface area contributed by atoms with Gasteiger partial charge in [-0.2, -0.15) is 0 Å². The summed E-state index contributed by atoms with van der Waals surface area (Å²) < 4.78 is 0. The van der Waals surface area contributed by atoms with Gasteiger partial charge in [0, 0.05) is 25.2 Å². The molecule has 130 valence electrons. The number of rotatable bonds is 5. The molecule has 1 amide bonds. The highest BCUT2D eigenvalue weighted by Crippen LogP contribution is 2.49. The van der Waals surface area contributed by atoms with Crippen LogP contribution in [0.4, 0.5) is 0 Å². The minimum absolute atomic E-state index is 0.168. The highest BCUT2D eigenvalue weighted by atomic mass is 16.3. The number of hydrogen-bond acceptors (Lipinski definition) is 3. The molecule has 2 aliphatic carbocycles. The lowest BCUT2D eigenvalue weighted by Gasteiger charge is -2.31. The van der Waals surface area contributed by atoms with Crippen molar-refractivity contribution in [3.8, 4) is 0 Å². The summed E-state index contributed by atoms with van der Waals surface area (Å²) in [5.41, 5.74) is 1.09. The number of nitrogens with one attached hydrogen (secondary N) is 1. The molecule has 1 aliphatic heterocycles. The van der Waals surface area contributed by atoms with E-state index in [4.69, 9.17) is 0 Å². The second-order valence-corrected chi connectivity index (χ2v) is 7.96. The molecule has 3 atom stereocenters. The molecule has 0 aromatic heterocycles. The summed E-state index contributed by atoms with van der Waals surface area (Å²) >= 11 is 0. The number of benzene rings is 1. The summed E-state index contributed by atoms with van der Waals surface area (Å²) in [5, 5.41) is 13.2. The normalized spacial score (nSPS) is 32.0. The summed E-state index contributed by atoms with van der Waals surface area (Å²) in [4.78, 5) is 15.3. The molecule has 1 saturated heterocycles. The van der Waals surface area contributed by atoms with E-state index in [2.05, 4.69) is 34.5 Å². The molecule has 24 heavy (non-hydrogen) atoms. The lowest BCUT2D eigenvalue weighted by molar-refractivity contribution is -0.127. The fraction of sp³-hybridized carbons (Fsp3) is 0.650. The van der Waals surface area contributed by atoms with Gasteiger partial charge in [0.1, 0.15) is 0 Å². The van der Waals surface area contributed by atoms with E-state index in [-0.39, 0.29) is 23.5 Å². The topological polar surface area (TPSA) is 52.6 Å². The Labute approximate surface area is 144 Å². The highest BCUT2D eigenvalue weighted by molar-refractivity contribution is 5.86. The maximum absolute atomic E-state index is 12.9. The molecule has 0 bridgehead atoms. The molecule has 0 radical (unpaired) electrons. The van der Waals surface area contributed by atoms with Crippen LogP contribution in [-0.2, 0) is 11.2 Å². The predicted molar refractivity (Wildman–Crippen MR) is 93.6 cm³/mol. The Morgan fingerprint density at radius 3 is 2.67 bits per heavy atom. The smallest absolute Gasteiger partial charge is 0.226 e. The number of amides is 1. The number of nitrogens with zero attached hydrogens (tertiary/aromatic N) is 1. The maximum atomic E-state index is 12.9. The van der Waals surface area contributed by atoms with Crippen molar-refractivity contribution in [2.75, 3.05) is 13.1 Å². The number of hydrogen-bond donors (Lipinski definition) is 2. The van der Waals surface area contributed by atoms with Gasteiger partial charge in [0.15, 0.2) is 0 Å². The number of aliphatic hydroxyl groups excluding tert-OH is 1. The molecule has 3 fully saturated rings. The van der Waals surface area contributed by atoms with Crippen LogP contribution in [0.5, 0.6) is 0 Å². The van der Waals surface area contributed by atoms with E-state index >= 15 is 0 Å². The van der Waals surface area contributed by atoms with E-state index in [0.29, 0.717) is 6.04 Å². The number of carbonyl (C=O) groups is 1. The first-order valence-corrected chi connectivity index (χ1v) is 9.43. The molecule has 3 aliphatic rings. The molecule has 2 N–H and O–H groups in total. The van der Waals surface area contributed by atoms with E-state index < -0.39 is 0 Å². The van der Waals surface area contributed by atoms with Crippen molar-refractivity contribution >= 4 is 5.91 Å². The predicted octanol–water partition coefficient (Wildman–Crippen LogP) is 2.11. The zero-order valence-corrected chi connectivity index (χ0v) is 14.3. The Hall–Kier alpha value is -1.39. The van der Waals surface area contributed by atoms with Crippen LogP contribution in [0.3, 0.4) is 0 Å². The van der Waals surface area contributed by atoms with Crippen LogP contribution in [0.25, 0.3) is 0 Å². The Morgan fingerprint density at radius 2 is 2.00 bits per heavy atom. The second-order valence-electron chi connectivity index (χ2n) is 7.96. The lowest BCUT2D eigenvalue weighted by Crippen LogP contribution is -2.50. The Morgan fingerprint density at radius 1 is 1.21 bits per heavy atom. The summed E-state index contributed by atoms with van der Waals surface area (Å²) in [6.45, 7) is 1.74. The molecular weight excluding hydrogens is 300 g/mol. The summed E-state index contributed by atoms with van der Waals surface area (Å²) in [7, 11) is 0. The van der Waals surface area contributed by atoms with Gasteiger partial charge in [-0.3, -0.25) is 9.69 Å². The van der Waals surface area contributed by atoms with Gasteiger partial charge in [-0.15, -0.1) is 0 Å². The zero-order valence-electron chi connectivity index (χ0n) is 14.3. The van der Waals surface area contributed by atoms with Crippen molar-refractivity contribution in [3.63, 3.8) is 0 Å². The average Bonchev–Trinajstić information content (AvgIpc) is 3.01. The Balaban J connectivity index is 1.38. The van der Waals surface area contributed by atoms with Gasteiger partial charge in [0.25, 0.3) is 0 Å². The van der Waals surface area contributed by atoms with Gasteiger partial charge in [-0.25, -0.2) is 0 Å². The van der Waals surface area contributed by atoms with E-state index in [1.165, 1.54) is 12.0 Å². The van der Waals surface area contributed by atoms with Crippen molar-refractivity contribution < 1.29 is 9.90 Å². The van der Waals surface area contributed by atoms with E-state index in [1.807, 2.05) is 6.07 Å². The third-order valence-corrected chi connectivity index (χ3v) is 6.18. The summed E-state index contributed by atoms with van der Waals surface area (Å²) in [5.74, 6) is 0.253. The fourth-order valence-corrected chi connectivity index (χ4v) is 4.56. The first-order chi connectivity index (χ1) is 11.7. The highest BCUT2D eigenvalue weighted by Gasteiger charge is 2.50. The largest absolute Gasteiger partial charge is 0.392 e. The van der Waals surface area contributed by atoms with Crippen LogP contribution >= 0.6 is 0 Å². The van der Waals surface area contributed by atoms with Gasteiger partial charge >= 0.3 is 0 Å². The molecule has 0 spiro atoms. The molecular formula is C20H28N2O2. The molecule has 1 heterocycles. The average molecular weight is 328 g/mol. The van der Waals surface area contributed by atoms with E-state index in [0.717, 1.165) is 51.6 Å². The van der Waals surface area contributed by atoms with Crippen LogP contribution in [-0.4, -0.2) is 47.2 Å². The van der Waals surface area contributed by atoms with Crippen LogP contribution in [0, 0.1) is 5.41 Å². The second kappa shape index (κ2) is 6.49. The van der Waals surface area contributed by atoms with Crippen molar-refractivity contribution in [2.24, 2.45) is 5.41 Å². The summed E-state index contributed by atoms with van der Waals surface area (Å²) in [6, 6.07) is 11.0. The third-order valence-electron chi connectivity index (χ3n) is 6.18. The van der Waals surface area contributed by atoms with Crippen LogP contribution in [0.15, 0.2) is 30.3 Å². The van der Waals surface area contributed by atoms with Gasteiger partial charge in [0.05, 0.1) is 11.5 Å². The van der Waals surface area contributed by atoms with Crippen molar-refractivity contribution in [2.45, 2.75) is 63.1 Å². The van der Waals surface area contributed by atoms with Gasteiger partial charge < -0.3 is 10.4 Å². The van der Waals surface area contributed by atoms with E-state index in [1.54, 1.807) is 0 Å². The van der Waals surface area contributed by atoms with Crippen molar-refractivity contribution in [1.82, 2.24) is 10.2 Å². The van der Waals surface area contributed by atoms with E-state index in [9.17, 15) is 9.90 Å². The molecule has 4 rings (SSSR count). The molecule has 4 nitrogen and oxygen atoms in total. The van der Waals surface area contributed by atoms with Gasteiger partial charge in [-0.05, 0) is 50.5 Å². The molecule has 1 aromatic carbocycles. The minimum atomic E-state index is -0.185. The van der Waals surface area contributed by atoms with Gasteiger partial charge in [0.2, 0.25) is 5.91 Å². The maximum Gasteiger partial charge on any atom is 0.226 e. The zero-order chi connectivity index (χ0) is 16.6. The first-order valence-electron chi connectivity index (χ1n) is 9.43. The van der Waals surface area contributed by atoms with Crippen molar-refractivity contribution in [3.05, 3.63) is 35.9 Å². The molecule has 1 aromatic rings. The number of β-amino-alcohol motifs (C(OH)–C–C–N with tert-alkyl or cyclic N) is 1. The minimum Gasteiger partial charge on any atom is -0.392 e. The van der Waals surface area contributed by atoms with Crippen molar-refractivity contribution in [1.29, 1.82) is 0 Å². The monoisotopic (exact) mass is 328 g/mol. The SMILES string of the molecule is O=C(N[C@@H]1CCC[C@@H]1N1CCC(O)C1)C1(Cc2ccccc2)CC1. The standard InChI is InChI=1S/C20H28N2O2/c23-16-9-12-22(14-16)18-8-4-7-17(18)21-19(24)20(10-11-20)13-15-5-2-1-3-6-15/h1-3,5-6,16-18,23H,4,7-14H2,(H,21,24)/t16?,17-,18+/m1/s1. The van der Waals surface area contributed by atoms with Gasteiger partial charge in [-0.1, -0.05) is 30.3 Å². The third kappa shape index (κ3) is 3.22. The molecule has 1 unspecified atom stereocenters. The Bertz CT molecular complexity index is 585. The Kier molecular flexibility index (Phi) is 4.35. The first kappa shape index (κ1) is 16.1. The summed E-state index contributed by atoms with van der Waals surface area (Å²) in [6.07, 6.45) is 6.95. The molecule has 4 heteroatoms. The quantitative estimate of drug-likeness (QED) is 0.870. The van der Waals surface area contributed by atoms with Crippen LogP contribution < -0.4 is 5.32 Å². The number of likely N-dealkylation sites (tertiary alicyclic amines) is 1. The fourth-order valence-electron chi connectivity index (χ4n) is 4.56. The number of carbonyl (C=O) groups excluding carboxylic acids is 1. The van der Waals surface area contributed by atoms with Crippen LogP contribution in [0.2, 0.25) is 0 Å². The number of aliphatic hydroxyl groups is 1.